The molecule has 0 saturated heterocycles. The van der Waals surface area contributed by atoms with Gasteiger partial charge in [0, 0.05) is 0 Å². The molecule has 0 radical (unpaired) electrons. The van der Waals surface area contributed by atoms with Gasteiger partial charge in [-0.05, 0) is 44.0 Å². The molecule has 0 aliphatic carbocycles. The molecule has 0 N–H and O–H groups in total. The Morgan fingerprint density at radius 3 is 1.79 bits per heavy atom. The van der Waals surface area contributed by atoms with Gasteiger partial charge in [-0.2, -0.15) is 10.2 Å². The van der Waals surface area contributed by atoms with Crippen molar-refractivity contribution < 1.29 is 9.53 Å². The normalized spacial score (nSPS) is 15.7. The molecule has 4 heteroatoms. The zero-order chi connectivity index (χ0) is 17.3. The van der Waals surface area contributed by atoms with Crippen LogP contribution in [0.1, 0.15) is 40.9 Å². The van der Waals surface area contributed by atoms with E-state index in [1.165, 1.54) is 12.7 Å². The lowest BCUT2D eigenvalue weighted by Crippen LogP contribution is -2.31. The lowest BCUT2D eigenvalue weighted by molar-refractivity contribution is 0.0600. The highest BCUT2D eigenvalue weighted by Gasteiger charge is 2.37. The van der Waals surface area contributed by atoms with Gasteiger partial charge in [-0.15, -0.1) is 0 Å². The molecule has 0 atom stereocenters. The number of hydrogen-bond acceptors (Lipinski definition) is 4. The third-order valence-electron chi connectivity index (χ3n) is 4.34. The molecule has 2 aromatic carbocycles. The second kappa shape index (κ2) is 6.04. The standard InChI is InChI=1S/C20H20N2O2/c1-13-5-7-14(8-6-13)17-20(2,3)18(22-21-17)15-9-11-16(12-10-15)19(23)24-4/h5-12H,1-4H3. The largest absolute Gasteiger partial charge is 0.465 e. The summed E-state index contributed by atoms with van der Waals surface area (Å²) in [4.78, 5) is 11.6. The summed E-state index contributed by atoms with van der Waals surface area (Å²) in [6, 6.07) is 15.6. The maximum absolute atomic E-state index is 11.6. The van der Waals surface area contributed by atoms with Crippen LogP contribution >= 0.6 is 0 Å². The SMILES string of the molecule is COC(=O)c1ccc(C2=NN=C(c3ccc(C)cc3)C2(C)C)cc1. The number of carbonyl (C=O) groups is 1. The lowest BCUT2D eigenvalue weighted by atomic mass is 9.77. The summed E-state index contributed by atoms with van der Waals surface area (Å²) >= 11 is 0. The lowest BCUT2D eigenvalue weighted by Gasteiger charge is -2.23. The number of methoxy groups -OCH3 is 1. The van der Waals surface area contributed by atoms with E-state index in [4.69, 9.17) is 4.74 Å². The Bertz CT molecular complexity index is 829. The van der Waals surface area contributed by atoms with Gasteiger partial charge < -0.3 is 4.74 Å². The van der Waals surface area contributed by atoms with Crippen LogP contribution in [-0.2, 0) is 4.74 Å². The summed E-state index contributed by atoms with van der Waals surface area (Å²) in [5.41, 5.74) is 5.33. The van der Waals surface area contributed by atoms with Gasteiger partial charge in [0.1, 0.15) is 0 Å². The Labute approximate surface area is 141 Å². The second-order valence-corrected chi connectivity index (χ2v) is 6.46. The van der Waals surface area contributed by atoms with Gasteiger partial charge in [0.25, 0.3) is 0 Å². The molecule has 1 heterocycles. The first kappa shape index (κ1) is 16.1. The van der Waals surface area contributed by atoms with Gasteiger partial charge in [0.05, 0.1) is 29.5 Å². The summed E-state index contributed by atoms with van der Waals surface area (Å²) in [5.74, 6) is -0.342. The number of rotatable bonds is 3. The average Bonchev–Trinajstić information content (AvgIpc) is 2.90. The number of hydrogen-bond donors (Lipinski definition) is 0. The van der Waals surface area contributed by atoms with Crippen LogP contribution in [0.2, 0.25) is 0 Å². The first-order valence-corrected chi connectivity index (χ1v) is 7.86. The van der Waals surface area contributed by atoms with Crippen LogP contribution in [0.4, 0.5) is 0 Å². The summed E-state index contributed by atoms with van der Waals surface area (Å²) in [6.45, 7) is 6.30. The minimum absolute atomic E-state index is 0.304. The van der Waals surface area contributed by atoms with E-state index in [0.717, 1.165) is 22.6 Å². The molecule has 0 unspecified atom stereocenters. The van der Waals surface area contributed by atoms with Crippen LogP contribution in [-0.4, -0.2) is 24.5 Å². The van der Waals surface area contributed by atoms with Crippen molar-refractivity contribution in [2.75, 3.05) is 7.11 Å². The van der Waals surface area contributed by atoms with Crippen molar-refractivity contribution in [1.29, 1.82) is 0 Å². The summed E-state index contributed by atoms with van der Waals surface area (Å²) in [5, 5.41) is 8.85. The zero-order valence-corrected chi connectivity index (χ0v) is 14.3. The molecule has 0 aromatic heterocycles. The monoisotopic (exact) mass is 320 g/mol. The summed E-state index contributed by atoms with van der Waals surface area (Å²) in [6.07, 6.45) is 0. The van der Waals surface area contributed by atoms with Crippen LogP contribution in [0.15, 0.2) is 58.7 Å². The molecule has 2 aromatic rings. The van der Waals surface area contributed by atoms with E-state index in [2.05, 4.69) is 55.2 Å². The Kier molecular flexibility index (Phi) is 4.06. The van der Waals surface area contributed by atoms with Crippen LogP contribution < -0.4 is 0 Å². The summed E-state index contributed by atoms with van der Waals surface area (Å²) < 4.78 is 4.74. The zero-order valence-electron chi connectivity index (χ0n) is 14.3. The number of carbonyl (C=O) groups excluding carboxylic acids is 1. The topological polar surface area (TPSA) is 51.0 Å². The van der Waals surface area contributed by atoms with Crippen molar-refractivity contribution >= 4 is 17.4 Å². The highest BCUT2D eigenvalue weighted by atomic mass is 16.5. The third-order valence-corrected chi connectivity index (χ3v) is 4.34. The number of esters is 1. The fraction of sp³-hybridized carbons (Fsp3) is 0.250. The first-order chi connectivity index (χ1) is 11.4. The van der Waals surface area contributed by atoms with Crippen LogP contribution in [0.25, 0.3) is 0 Å². The minimum Gasteiger partial charge on any atom is -0.465 e. The van der Waals surface area contributed by atoms with Gasteiger partial charge in [0.15, 0.2) is 0 Å². The van der Waals surface area contributed by atoms with Crippen molar-refractivity contribution in [2.45, 2.75) is 20.8 Å². The average molecular weight is 320 g/mol. The van der Waals surface area contributed by atoms with Gasteiger partial charge >= 0.3 is 5.97 Å². The van der Waals surface area contributed by atoms with Crippen molar-refractivity contribution in [2.24, 2.45) is 15.6 Å². The van der Waals surface area contributed by atoms with Crippen LogP contribution in [0.3, 0.4) is 0 Å². The van der Waals surface area contributed by atoms with Crippen molar-refractivity contribution in [3.8, 4) is 0 Å². The van der Waals surface area contributed by atoms with Crippen molar-refractivity contribution in [3.63, 3.8) is 0 Å². The first-order valence-electron chi connectivity index (χ1n) is 7.86. The molecule has 1 aliphatic rings. The molecule has 0 amide bonds. The Morgan fingerprint density at radius 2 is 1.33 bits per heavy atom. The second-order valence-electron chi connectivity index (χ2n) is 6.46. The molecule has 0 bridgehead atoms. The maximum atomic E-state index is 11.6. The highest BCUT2D eigenvalue weighted by Crippen LogP contribution is 2.33. The van der Waals surface area contributed by atoms with E-state index in [9.17, 15) is 4.79 Å². The molecule has 122 valence electrons. The molecule has 3 rings (SSSR count). The molecule has 4 nitrogen and oxygen atoms in total. The fourth-order valence-electron chi connectivity index (χ4n) is 2.89. The number of aryl methyl sites for hydroxylation is 1. The minimum atomic E-state index is -0.342. The van der Waals surface area contributed by atoms with E-state index in [1.54, 1.807) is 12.1 Å². The van der Waals surface area contributed by atoms with E-state index < -0.39 is 0 Å². The molecular formula is C20H20N2O2. The van der Waals surface area contributed by atoms with E-state index in [-0.39, 0.29) is 11.4 Å². The molecular weight excluding hydrogens is 300 g/mol. The predicted octanol–water partition coefficient (Wildman–Crippen LogP) is 4.01. The number of nitrogens with zero attached hydrogens (tertiary/aromatic N) is 2. The molecule has 0 saturated carbocycles. The smallest absolute Gasteiger partial charge is 0.337 e. The van der Waals surface area contributed by atoms with Crippen molar-refractivity contribution in [3.05, 3.63) is 70.8 Å². The maximum Gasteiger partial charge on any atom is 0.337 e. The fourth-order valence-corrected chi connectivity index (χ4v) is 2.89. The van der Waals surface area contributed by atoms with Crippen molar-refractivity contribution in [1.82, 2.24) is 0 Å². The van der Waals surface area contributed by atoms with Gasteiger partial charge in [0.2, 0.25) is 0 Å². The Morgan fingerprint density at radius 1 is 0.875 bits per heavy atom. The molecule has 1 aliphatic heterocycles. The molecule has 0 fully saturated rings. The van der Waals surface area contributed by atoms with Gasteiger partial charge in [-0.1, -0.05) is 42.0 Å². The van der Waals surface area contributed by atoms with E-state index in [0.29, 0.717) is 5.56 Å². The van der Waals surface area contributed by atoms with Gasteiger partial charge in [-0.25, -0.2) is 4.79 Å². The number of benzene rings is 2. The van der Waals surface area contributed by atoms with Crippen LogP contribution in [0.5, 0.6) is 0 Å². The molecule has 24 heavy (non-hydrogen) atoms. The van der Waals surface area contributed by atoms with E-state index in [1.807, 2.05) is 12.1 Å². The van der Waals surface area contributed by atoms with Crippen LogP contribution in [0, 0.1) is 12.3 Å². The summed E-state index contributed by atoms with van der Waals surface area (Å²) in [7, 11) is 1.38. The predicted molar refractivity (Wildman–Crippen MR) is 95.8 cm³/mol. The Balaban J connectivity index is 1.89. The quantitative estimate of drug-likeness (QED) is 0.802. The van der Waals surface area contributed by atoms with E-state index >= 15 is 0 Å². The number of ether oxygens (including phenoxy) is 1. The van der Waals surface area contributed by atoms with Gasteiger partial charge in [-0.3, -0.25) is 0 Å². The molecule has 0 spiro atoms. The Hall–Kier alpha value is -2.75. The third kappa shape index (κ3) is 2.75. The highest BCUT2D eigenvalue weighted by molar-refractivity contribution is 6.25.